The van der Waals surface area contributed by atoms with Crippen LogP contribution >= 0.6 is 23.8 Å². The Morgan fingerprint density at radius 2 is 1.83 bits per heavy atom. The van der Waals surface area contributed by atoms with Gasteiger partial charge in [0.15, 0.2) is 5.65 Å². The summed E-state index contributed by atoms with van der Waals surface area (Å²) >= 11 is 11.5. The van der Waals surface area contributed by atoms with Crippen molar-refractivity contribution in [2.45, 2.75) is 13.0 Å². The average molecular weight is 422 g/mol. The van der Waals surface area contributed by atoms with E-state index in [2.05, 4.69) is 38.1 Å². The molecule has 0 amide bonds. The third-order valence-electron chi connectivity index (χ3n) is 5.15. The van der Waals surface area contributed by atoms with E-state index in [1.165, 1.54) is 11.1 Å². The van der Waals surface area contributed by atoms with Gasteiger partial charge in [0.25, 0.3) is 5.56 Å². The van der Waals surface area contributed by atoms with Crippen molar-refractivity contribution in [2.24, 2.45) is 0 Å². The van der Waals surface area contributed by atoms with E-state index in [4.69, 9.17) is 23.8 Å². The number of nitrogens with zero attached hydrogens (tertiary/aromatic N) is 4. The summed E-state index contributed by atoms with van der Waals surface area (Å²) in [7, 11) is 0. The molecule has 6 nitrogen and oxygen atoms in total. The molecule has 2 aromatic heterocycles. The predicted octanol–water partition coefficient (Wildman–Crippen LogP) is 4.05. The molecule has 0 spiro atoms. The lowest BCUT2D eigenvalue weighted by molar-refractivity contribution is 0.707. The number of aromatic amines is 1. The zero-order valence-corrected chi connectivity index (χ0v) is 16.9. The van der Waals surface area contributed by atoms with E-state index in [-0.39, 0.29) is 5.56 Å². The summed E-state index contributed by atoms with van der Waals surface area (Å²) in [6, 6.07) is 15.5. The standard InChI is InChI=1S/C21H16ClN5OS/c22-15-5-7-16(8-6-15)27-12-23-18-17(20(27)29)19(28)25-21(24-18)26-10-9-13-3-1-2-4-14(13)11-26/h1-8,12H,9-11H2,(H,24,25,28). The van der Waals surface area contributed by atoms with Crippen LogP contribution < -0.4 is 10.5 Å². The van der Waals surface area contributed by atoms with Gasteiger partial charge in [-0.25, -0.2) is 4.98 Å². The highest BCUT2D eigenvalue weighted by Gasteiger charge is 2.19. The molecule has 5 rings (SSSR count). The molecule has 0 bridgehead atoms. The summed E-state index contributed by atoms with van der Waals surface area (Å²) in [5, 5.41) is 0.930. The second kappa shape index (κ2) is 7.09. The van der Waals surface area contributed by atoms with Gasteiger partial charge in [0.2, 0.25) is 5.95 Å². The first-order chi connectivity index (χ1) is 14.1. The van der Waals surface area contributed by atoms with Gasteiger partial charge in [0.05, 0.1) is 0 Å². The minimum Gasteiger partial charge on any atom is -0.338 e. The molecule has 0 radical (unpaired) electrons. The van der Waals surface area contributed by atoms with Crippen LogP contribution in [0.2, 0.25) is 5.02 Å². The maximum absolute atomic E-state index is 12.9. The molecule has 0 unspecified atom stereocenters. The van der Waals surface area contributed by atoms with Crippen molar-refractivity contribution in [3.8, 4) is 5.69 Å². The fraction of sp³-hybridized carbons (Fsp3) is 0.143. The van der Waals surface area contributed by atoms with Gasteiger partial charge < -0.3 is 4.90 Å². The maximum Gasteiger partial charge on any atom is 0.264 e. The van der Waals surface area contributed by atoms with Crippen molar-refractivity contribution in [1.29, 1.82) is 0 Å². The highest BCUT2D eigenvalue weighted by Crippen LogP contribution is 2.22. The lowest BCUT2D eigenvalue weighted by Gasteiger charge is -2.29. The minimum absolute atomic E-state index is 0.287. The van der Waals surface area contributed by atoms with Crippen LogP contribution in [0.5, 0.6) is 0 Å². The van der Waals surface area contributed by atoms with Crippen molar-refractivity contribution in [2.75, 3.05) is 11.4 Å². The summed E-state index contributed by atoms with van der Waals surface area (Å²) in [5.74, 6) is 0.517. The van der Waals surface area contributed by atoms with E-state index >= 15 is 0 Å². The van der Waals surface area contributed by atoms with Crippen LogP contribution in [0, 0.1) is 4.64 Å². The molecule has 8 heteroatoms. The van der Waals surface area contributed by atoms with E-state index in [0.29, 0.717) is 33.2 Å². The van der Waals surface area contributed by atoms with Gasteiger partial charge in [-0.05, 0) is 41.8 Å². The fourth-order valence-electron chi connectivity index (χ4n) is 3.63. The van der Waals surface area contributed by atoms with E-state index < -0.39 is 0 Å². The SMILES string of the molecule is O=c1[nH]c(N2CCc3ccccc3C2)nc2ncn(-c3ccc(Cl)cc3)c(=S)c12. The van der Waals surface area contributed by atoms with Crippen molar-refractivity contribution < 1.29 is 0 Å². The molecule has 1 aliphatic heterocycles. The zero-order chi connectivity index (χ0) is 20.0. The number of rotatable bonds is 2. The van der Waals surface area contributed by atoms with Gasteiger partial charge in [-0.15, -0.1) is 0 Å². The van der Waals surface area contributed by atoms with E-state index in [1.54, 1.807) is 23.0 Å². The van der Waals surface area contributed by atoms with E-state index in [9.17, 15) is 4.79 Å². The summed E-state index contributed by atoms with van der Waals surface area (Å²) < 4.78 is 2.04. The van der Waals surface area contributed by atoms with Gasteiger partial charge in [-0.2, -0.15) is 4.98 Å². The van der Waals surface area contributed by atoms with Gasteiger partial charge in [0, 0.05) is 23.8 Å². The Labute approximate surface area is 176 Å². The lowest BCUT2D eigenvalue weighted by Crippen LogP contribution is -2.33. The Bertz CT molecular complexity index is 1350. The molecule has 0 saturated carbocycles. The van der Waals surface area contributed by atoms with Crippen molar-refractivity contribution in [3.05, 3.63) is 86.0 Å². The summed E-state index contributed by atoms with van der Waals surface area (Å²) in [5.41, 5.74) is 3.42. The van der Waals surface area contributed by atoms with E-state index in [0.717, 1.165) is 18.7 Å². The molecule has 3 heterocycles. The van der Waals surface area contributed by atoms with Crippen LogP contribution in [0.4, 0.5) is 5.95 Å². The number of hydrogen-bond donors (Lipinski definition) is 1. The van der Waals surface area contributed by atoms with Crippen molar-refractivity contribution >= 4 is 40.8 Å². The molecule has 2 aromatic carbocycles. The first-order valence-corrected chi connectivity index (χ1v) is 9.98. The number of halogens is 1. The summed E-state index contributed by atoms with van der Waals surface area (Å²) in [6.07, 6.45) is 2.50. The predicted molar refractivity (Wildman–Crippen MR) is 117 cm³/mol. The third kappa shape index (κ3) is 3.22. The van der Waals surface area contributed by atoms with Crippen LogP contribution in [0.1, 0.15) is 11.1 Å². The van der Waals surface area contributed by atoms with Crippen LogP contribution in [0.15, 0.2) is 59.7 Å². The number of benzene rings is 2. The Balaban J connectivity index is 1.58. The van der Waals surface area contributed by atoms with Gasteiger partial charge >= 0.3 is 0 Å². The van der Waals surface area contributed by atoms with Crippen molar-refractivity contribution in [3.63, 3.8) is 0 Å². The number of anilines is 1. The van der Waals surface area contributed by atoms with Crippen molar-refractivity contribution in [1.82, 2.24) is 19.5 Å². The average Bonchev–Trinajstić information content (AvgIpc) is 2.74. The van der Waals surface area contributed by atoms with E-state index in [1.807, 2.05) is 18.2 Å². The molecule has 0 atom stereocenters. The van der Waals surface area contributed by atoms with Crippen LogP contribution in [0.3, 0.4) is 0 Å². The molecular formula is C21H16ClN5OS. The Kier molecular flexibility index (Phi) is 4.41. The van der Waals surface area contributed by atoms with Crippen LogP contribution in [-0.4, -0.2) is 26.1 Å². The molecule has 144 valence electrons. The van der Waals surface area contributed by atoms with Gasteiger partial charge in [-0.1, -0.05) is 48.1 Å². The third-order valence-corrected chi connectivity index (χ3v) is 5.80. The first-order valence-electron chi connectivity index (χ1n) is 9.19. The highest BCUT2D eigenvalue weighted by atomic mass is 35.5. The normalized spacial score (nSPS) is 13.5. The second-order valence-electron chi connectivity index (χ2n) is 6.92. The molecule has 1 aliphatic rings. The Morgan fingerprint density at radius 1 is 1.07 bits per heavy atom. The van der Waals surface area contributed by atoms with Crippen LogP contribution in [0.25, 0.3) is 16.7 Å². The number of nitrogens with one attached hydrogen (secondary N) is 1. The minimum atomic E-state index is -0.287. The smallest absolute Gasteiger partial charge is 0.264 e. The Hall–Kier alpha value is -3.03. The number of hydrogen-bond acceptors (Lipinski definition) is 5. The molecule has 29 heavy (non-hydrogen) atoms. The quantitative estimate of drug-likeness (QED) is 0.494. The molecule has 0 fully saturated rings. The van der Waals surface area contributed by atoms with Gasteiger partial charge in [-0.3, -0.25) is 14.3 Å². The Morgan fingerprint density at radius 3 is 2.62 bits per heavy atom. The lowest BCUT2D eigenvalue weighted by atomic mass is 10.0. The largest absolute Gasteiger partial charge is 0.338 e. The molecule has 0 aliphatic carbocycles. The first kappa shape index (κ1) is 18.0. The van der Waals surface area contributed by atoms with Gasteiger partial charge in [0.1, 0.15) is 16.4 Å². The number of aromatic nitrogens is 4. The molecular weight excluding hydrogens is 406 g/mol. The zero-order valence-electron chi connectivity index (χ0n) is 15.3. The van der Waals surface area contributed by atoms with Crippen LogP contribution in [-0.2, 0) is 13.0 Å². The second-order valence-corrected chi connectivity index (χ2v) is 7.75. The maximum atomic E-state index is 12.9. The number of H-pyrrole nitrogens is 1. The summed E-state index contributed by atoms with van der Waals surface area (Å²) in [6.45, 7) is 1.48. The molecule has 1 N–H and O–H groups in total. The summed E-state index contributed by atoms with van der Waals surface area (Å²) in [4.78, 5) is 26.9. The highest BCUT2D eigenvalue weighted by molar-refractivity contribution is 7.71. The topological polar surface area (TPSA) is 66.8 Å². The molecule has 4 aromatic rings. The molecule has 0 saturated heterocycles. The fourth-order valence-corrected chi connectivity index (χ4v) is 4.10. The monoisotopic (exact) mass is 421 g/mol. The number of fused-ring (bicyclic) bond motifs is 2.